The van der Waals surface area contributed by atoms with Crippen molar-refractivity contribution in [1.82, 2.24) is 5.32 Å². The van der Waals surface area contributed by atoms with E-state index in [0.717, 1.165) is 5.56 Å². The highest BCUT2D eigenvalue weighted by atomic mass is 32.2. The molecule has 1 heterocycles. The summed E-state index contributed by atoms with van der Waals surface area (Å²) in [6, 6.07) is 12.8. The van der Waals surface area contributed by atoms with Gasteiger partial charge in [0.15, 0.2) is 5.17 Å². The first kappa shape index (κ1) is 16.2. The summed E-state index contributed by atoms with van der Waals surface area (Å²) >= 11 is 1.28. The maximum absolute atomic E-state index is 12.9. The van der Waals surface area contributed by atoms with Gasteiger partial charge in [0.05, 0.1) is 11.5 Å². The van der Waals surface area contributed by atoms with Crippen molar-refractivity contribution in [3.63, 3.8) is 0 Å². The molecule has 0 radical (unpaired) electrons. The van der Waals surface area contributed by atoms with Gasteiger partial charge in [0.25, 0.3) is 0 Å². The molecule has 2 aromatic carbocycles. The highest BCUT2D eigenvalue weighted by Gasteiger charge is 2.30. The molecule has 5 nitrogen and oxygen atoms in total. The van der Waals surface area contributed by atoms with Crippen LogP contribution in [0.5, 0.6) is 5.75 Å². The Kier molecular flexibility index (Phi) is 4.90. The van der Waals surface area contributed by atoms with Crippen LogP contribution in [0.2, 0.25) is 0 Å². The van der Waals surface area contributed by atoms with Gasteiger partial charge in [0, 0.05) is 5.56 Å². The molecule has 1 amide bonds. The molecule has 122 valence electrons. The van der Waals surface area contributed by atoms with Gasteiger partial charge in [-0.25, -0.2) is 4.39 Å². The largest absolute Gasteiger partial charge is 0.507 e. The van der Waals surface area contributed by atoms with Crippen LogP contribution >= 0.6 is 11.8 Å². The predicted octanol–water partition coefficient (Wildman–Crippen LogP) is 2.70. The number of hydrogen-bond donors (Lipinski definition) is 2. The minimum Gasteiger partial charge on any atom is -0.507 e. The summed E-state index contributed by atoms with van der Waals surface area (Å²) in [7, 11) is 0. The normalized spacial score (nSPS) is 19.1. The van der Waals surface area contributed by atoms with Crippen molar-refractivity contribution in [2.24, 2.45) is 10.2 Å². The van der Waals surface area contributed by atoms with Crippen LogP contribution in [-0.4, -0.2) is 27.6 Å². The molecule has 1 unspecified atom stereocenters. The number of rotatable bonds is 4. The molecule has 2 aromatic rings. The van der Waals surface area contributed by atoms with Gasteiger partial charge < -0.3 is 10.4 Å². The fourth-order valence-electron chi connectivity index (χ4n) is 2.16. The third kappa shape index (κ3) is 3.99. The maximum atomic E-state index is 12.9. The smallest absolute Gasteiger partial charge is 0.239 e. The van der Waals surface area contributed by atoms with Crippen LogP contribution in [0.3, 0.4) is 0 Å². The number of phenolic OH excluding ortho intramolecular Hbond substituents is 1. The molecular weight excluding hydrogens is 329 g/mol. The number of para-hydroxylation sites is 1. The fraction of sp³-hybridized carbons (Fsp3) is 0.118. The lowest BCUT2D eigenvalue weighted by molar-refractivity contribution is -0.118. The second-order valence-corrected chi connectivity index (χ2v) is 6.33. The Bertz CT molecular complexity index is 806. The first-order chi connectivity index (χ1) is 11.6. The number of amidine groups is 1. The van der Waals surface area contributed by atoms with Gasteiger partial charge in [-0.3, -0.25) is 4.79 Å². The van der Waals surface area contributed by atoms with E-state index in [-0.39, 0.29) is 22.7 Å². The third-order valence-electron chi connectivity index (χ3n) is 3.39. The lowest BCUT2D eigenvalue weighted by atomic mass is 10.1. The summed E-state index contributed by atoms with van der Waals surface area (Å²) < 4.78 is 12.9. The molecule has 1 aliphatic heterocycles. The quantitative estimate of drug-likeness (QED) is 0.662. The highest BCUT2D eigenvalue weighted by molar-refractivity contribution is 8.15. The standard InChI is InChI=1S/C17H14FN3O2S/c18-13-7-5-11(6-8-13)9-15-16(23)20-17(24-15)21-19-10-12-3-1-2-4-14(12)22/h1-8,10,15,22H,9H2,(H,20,21,23)/b19-10+. The number of nitrogens with one attached hydrogen (secondary N) is 1. The van der Waals surface area contributed by atoms with Gasteiger partial charge in [-0.2, -0.15) is 5.10 Å². The van der Waals surface area contributed by atoms with Gasteiger partial charge in [-0.15, -0.1) is 5.10 Å². The van der Waals surface area contributed by atoms with Crippen molar-refractivity contribution in [3.8, 4) is 5.75 Å². The van der Waals surface area contributed by atoms with E-state index in [1.807, 2.05) is 0 Å². The van der Waals surface area contributed by atoms with Crippen molar-refractivity contribution >= 4 is 29.1 Å². The second-order valence-electron chi connectivity index (χ2n) is 5.13. The van der Waals surface area contributed by atoms with Crippen molar-refractivity contribution in [2.45, 2.75) is 11.7 Å². The topological polar surface area (TPSA) is 74.0 Å². The van der Waals surface area contributed by atoms with E-state index in [0.29, 0.717) is 17.2 Å². The molecule has 7 heteroatoms. The van der Waals surface area contributed by atoms with Gasteiger partial charge >= 0.3 is 0 Å². The molecule has 0 aromatic heterocycles. The zero-order valence-electron chi connectivity index (χ0n) is 12.5. The van der Waals surface area contributed by atoms with Crippen molar-refractivity contribution in [1.29, 1.82) is 0 Å². The second kappa shape index (κ2) is 7.27. The maximum Gasteiger partial charge on any atom is 0.239 e. The van der Waals surface area contributed by atoms with E-state index in [4.69, 9.17) is 0 Å². The molecule has 1 fully saturated rings. The Balaban J connectivity index is 1.63. The van der Waals surface area contributed by atoms with E-state index >= 15 is 0 Å². The van der Waals surface area contributed by atoms with Crippen LogP contribution in [0.4, 0.5) is 4.39 Å². The molecule has 1 atom stereocenters. The number of hydrogen-bond acceptors (Lipinski definition) is 5. The van der Waals surface area contributed by atoms with Gasteiger partial charge in [0.1, 0.15) is 11.6 Å². The predicted molar refractivity (Wildman–Crippen MR) is 92.8 cm³/mol. The number of aromatic hydroxyl groups is 1. The summed E-state index contributed by atoms with van der Waals surface area (Å²) in [5.74, 6) is -0.345. The van der Waals surface area contributed by atoms with Crippen LogP contribution in [-0.2, 0) is 11.2 Å². The molecular formula is C17H14FN3O2S. The Morgan fingerprint density at radius 3 is 2.71 bits per heavy atom. The zero-order valence-corrected chi connectivity index (χ0v) is 13.3. The number of carbonyl (C=O) groups is 1. The number of phenols is 1. The summed E-state index contributed by atoms with van der Waals surface area (Å²) in [5, 5.41) is 20.2. The first-order valence-corrected chi connectivity index (χ1v) is 8.11. The first-order valence-electron chi connectivity index (χ1n) is 7.23. The minimum atomic E-state index is -0.325. The molecule has 0 aliphatic carbocycles. The Morgan fingerprint density at radius 1 is 1.21 bits per heavy atom. The molecule has 0 spiro atoms. The van der Waals surface area contributed by atoms with Crippen LogP contribution < -0.4 is 5.32 Å². The number of halogens is 1. The van der Waals surface area contributed by atoms with Gasteiger partial charge in [0.2, 0.25) is 5.91 Å². The Hall–Kier alpha value is -2.67. The molecule has 24 heavy (non-hydrogen) atoms. The van der Waals surface area contributed by atoms with Gasteiger partial charge in [-0.1, -0.05) is 36.0 Å². The Labute approximate surface area is 142 Å². The van der Waals surface area contributed by atoms with Crippen LogP contribution in [0.1, 0.15) is 11.1 Å². The lowest BCUT2D eigenvalue weighted by Gasteiger charge is -2.04. The monoisotopic (exact) mass is 343 g/mol. The lowest BCUT2D eigenvalue weighted by Crippen LogP contribution is -2.25. The van der Waals surface area contributed by atoms with Crippen molar-refractivity contribution in [3.05, 3.63) is 65.5 Å². The molecule has 0 saturated carbocycles. The summed E-state index contributed by atoms with van der Waals surface area (Å²) in [6.07, 6.45) is 1.90. The number of nitrogens with zero attached hydrogens (tertiary/aromatic N) is 2. The van der Waals surface area contributed by atoms with Crippen LogP contribution in [0, 0.1) is 5.82 Å². The summed E-state index contributed by atoms with van der Waals surface area (Å²) in [6.45, 7) is 0. The molecule has 1 saturated heterocycles. The Morgan fingerprint density at radius 2 is 1.96 bits per heavy atom. The minimum absolute atomic E-state index is 0.110. The number of carbonyl (C=O) groups excluding carboxylic acids is 1. The van der Waals surface area contributed by atoms with E-state index < -0.39 is 0 Å². The SMILES string of the molecule is O=C1N/C(=N/N=C/c2ccccc2O)SC1Cc1ccc(F)cc1. The average molecular weight is 343 g/mol. The number of benzene rings is 2. The van der Waals surface area contributed by atoms with Crippen molar-refractivity contribution < 1.29 is 14.3 Å². The van der Waals surface area contributed by atoms with Crippen LogP contribution in [0.15, 0.2) is 58.7 Å². The summed E-state index contributed by atoms with van der Waals surface area (Å²) in [5.41, 5.74) is 1.42. The van der Waals surface area contributed by atoms with E-state index in [1.165, 1.54) is 30.1 Å². The molecule has 0 bridgehead atoms. The van der Waals surface area contributed by atoms with Crippen molar-refractivity contribution in [2.75, 3.05) is 0 Å². The van der Waals surface area contributed by atoms with E-state index in [1.54, 1.807) is 36.4 Å². The fourth-order valence-corrected chi connectivity index (χ4v) is 3.13. The number of thioether (sulfide) groups is 1. The van der Waals surface area contributed by atoms with E-state index in [9.17, 15) is 14.3 Å². The molecule has 3 rings (SSSR count). The number of amides is 1. The average Bonchev–Trinajstić information content (AvgIpc) is 2.91. The molecule has 2 N–H and O–H groups in total. The van der Waals surface area contributed by atoms with Crippen LogP contribution in [0.25, 0.3) is 0 Å². The zero-order chi connectivity index (χ0) is 16.9. The van der Waals surface area contributed by atoms with E-state index in [2.05, 4.69) is 15.5 Å². The van der Waals surface area contributed by atoms with Gasteiger partial charge in [-0.05, 0) is 36.2 Å². The summed E-state index contributed by atoms with van der Waals surface area (Å²) in [4.78, 5) is 12.0. The third-order valence-corrected chi connectivity index (χ3v) is 4.47. The highest BCUT2D eigenvalue weighted by Crippen LogP contribution is 2.23. The molecule has 1 aliphatic rings.